The molecule has 0 aliphatic rings. The van der Waals surface area contributed by atoms with Crippen molar-refractivity contribution in [3.05, 3.63) is 60.2 Å². The number of fused-ring (bicyclic) bond motifs is 1. The van der Waals surface area contributed by atoms with Crippen molar-refractivity contribution in [3.8, 4) is 16.3 Å². The van der Waals surface area contributed by atoms with Crippen LogP contribution in [0, 0.1) is 6.92 Å². The summed E-state index contributed by atoms with van der Waals surface area (Å²) in [5.41, 5.74) is 1.39. The fraction of sp³-hybridized carbons (Fsp3) is 0.382. The summed E-state index contributed by atoms with van der Waals surface area (Å²) in [6.45, 7) is 9.17. The van der Waals surface area contributed by atoms with Gasteiger partial charge in [0.15, 0.2) is 5.78 Å². The van der Waals surface area contributed by atoms with Gasteiger partial charge in [0.05, 0.1) is 56.8 Å². The van der Waals surface area contributed by atoms with Crippen molar-refractivity contribution in [1.29, 1.82) is 0 Å². The van der Waals surface area contributed by atoms with Crippen molar-refractivity contribution >= 4 is 64.9 Å². The zero-order valence-corrected chi connectivity index (χ0v) is 38.6. The number of rotatable bonds is 15. The molecule has 1 amide bonds. The number of carbonyl (C=O) groups is 2. The minimum absolute atomic E-state index is 0. The maximum atomic E-state index is 12.8. The van der Waals surface area contributed by atoms with Gasteiger partial charge in [0, 0.05) is 25.2 Å². The number of ether oxygens (including phenoxy) is 1. The summed E-state index contributed by atoms with van der Waals surface area (Å²) in [4.78, 5) is 30.3. The first kappa shape index (κ1) is 51.8. The van der Waals surface area contributed by atoms with Crippen molar-refractivity contribution in [2.24, 2.45) is 10.2 Å². The van der Waals surface area contributed by atoms with Crippen LogP contribution in [0.25, 0.3) is 20.8 Å². The number of hydrogen-bond acceptors (Lipinski definition) is 17. The number of hydrogen-bond donors (Lipinski definition) is 4. The third-order valence-electron chi connectivity index (χ3n) is 7.28. The zero-order valence-electron chi connectivity index (χ0n) is 32.2. The normalized spacial score (nSPS) is 13.8. The molecule has 0 saturated carbocycles. The molecule has 0 saturated heterocycles. The number of Topliss-reactive ketones (excluding diaryl/α,β-unsaturated/α-hetero) is 1. The first-order valence-corrected chi connectivity index (χ1v) is 19.8. The molecule has 4 aromatic rings. The first-order chi connectivity index (χ1) is 25.1. The second-order valence-corrected chi connectivity index (χ2v) is 16.1. The molecule has 1 aromatic heterocycles. The number of aryl methyl sites for hydroxylation is 1. The molecule has 4 atom stereocenters. The van der Waals surface area contributed by atoms with Crippen molar-refractivity contribution in [2.45, 2.75) is 68.8 Å². The Bertz CT molecular complexity index is 2180. The molecule has 17 nitrogen and oxygen atoms in total. The Kier molecular flexibility index (Phi) is 21.1. The molecule has 0 aliphatic heterocycles. The van der Waals surface area contributed by atoms with Gasteiger partial charge in [0.25, 0.3) is 5.91 Å². The number of anilines is 1. The second kappa shape index (κ2) is 22.8. The Balaban J connectivity index is 0.000000899. The number of nitrogens with one attached hydrogen (secondary N) is 1. The molecule has 1 heterocycles. The number of methoxy groups -OCH3 is 1. The van der Waals surface area contributed by atoms with E-state index in [9.17, 15) is 35.5 Å². The molecule has 0 spiro atoms. The summed E-state index contributed by atoms with van der Waals surface area (Å²) in [6, 6.07) is 10.9. The van der Waals surface area contributed by atoms with E-state index >= 15 is 0 Å². The Hall–Kier alpha value is -2.25. The summed E-state index contributed by atoms with van der Waals surface area (Å²) >= 11 is 1.05. The third-order valence-corrected chi connectivity index (χ3v) is 10.4. The Morgan fingerprint density at radius 2 is 1.45 bits per heavy atom. The van der Waals surface area contributed by atoms with Crippen LogP contribution in [-0.2, 0) is 29.8 Å². The largest absolute Gasteiger partial charge is 1.00 e. The van der Waals surface area contributed by atoms with Gasteiger partial charge in [-0.15, -0.1) is 11.3 Å². The van der Waals surface area contributed by atoms with Gasteiger partial charge in [0.2, 0.25) is 6.04 Å². The number of carbonyl (C=O) groups excluding carboxylic acids is 2. The summed E-state index contributed by atoms with van der Waals surface area (Å²) in [5, 5.41) is 38.0. The van der Waals surface area contributed by atoms with Gasteiger partial charge in [-0.1, -0.05) is 6.07 Å². The predicted octanol–water partition coefficient (Wildman–Crippen LogP) is -2.79. The number of aliphatic hydroxyl groups excluding tert-OH is 3. The van der Waals surface area contributed by atoms with Gasteiger partial charge in [-0.2, -0.15) is 10.2 Å². The molecule has 0 radical (unpaired) electrons. The second-order valence-electron chi connectivity index (χ2n) is 12.4. The van der Waals surface area contributed by atoms with Gasteiger partial charge in [0.1, 0.15) is 31.0 Å². The molecule has 3 aromatic carbocycles. The Morgan fingerprint density at radius 3 is 1.91 bits per heavy atom. The smallest absolute Gasteiger partial charge is 0.744 e. The molecule has 294 valence electrons. The van der Waals surface area contributed by atoms with Crippen LogP contribution in [-0.4, -0.2) is 114 Å². The maximum absolute atomic E-state index is 12.8. The fourth-order valence-electron chi connectivity index (χ4n) is 5.10. The molecular formula is C34H41N5Na2O12S3. The van der Waals surface area contributed by atoms with Crippen molar-refractivity contribution in [3.63, 3.8) is 0 Å². The SMILES string of the molecule is CC(O)CN(CC(C)O)CC(C)O.COc1ccc(S(=O)(=O)[O-])cc1NC(=O)C(N=Nc1ccc(-c2nc3ccc(C)c(S(=O)(=O)[O-])c3s2)cc1)C(C)=O.[Na+].[Na+]. The van der Waals surface area contributed by atoms with E-state index in [-0.39, 0.29) is 85.8 Å². The molecule has 4 N–H and O–H groups in total. The third kappa shape index (κ3) is 15.5. The van der Waals surface area contributed by atoms with Gasteiger partial charge in [-0.3, -0.25) is 14.5 Å². The van der Waals surface area contributed by atoms with E-state index in [4.69, 9.17) is 20.1 Å². The number of aliphatic hydroxyl groups is 3. The van der Waals surface area contributed by atoms with Crippen molar-refractivity contribution in [1.82, 2.24) is 9.88 Å². The average molecular weight is 854 g/mol. The van der Waals surface area contributed by atoms with E-state index in [1.807, 2.05) is 4.90 Å². The van der Waals surface area contributed by atoms with Crippen LogP contribution in [0.1, 0.15) is 33.3 Å². The minimum Gasteiger partial charge on any atom is -0.744 e. The van der Waals surface area contributed by atoms with Gasteiger partial charge in [-0.05, 0) is 88.7 Å². The van der Waals surface area contributed by atoms with Crippen LogP contribution in [0.5, 0.6) is 5.75 Å². The number of benzene rings is 3. The van der Waals surface area contributed by atoms with Crippen LogP contribution in [0.4, 0.5) is 11.4 Å². The Morgan fingerprint density at radius 1 is 0.893 bits per heavy atom. The van der Waals surface area contributed by atoms with E-state index in [2.05, 4.69) is 20.5 Å². The van der Waals surface area contributed by atoms with Crippen LogP contribution in [0.15, 0.2) is 74.6 Å². The Labute approximate surface area is 373 Å². The summed E-state index contributed by atoms with van der Waals surface area (Å²) in [7, 11) is -8.27. The molecule has 0 bridgehead atoms. The maximum Gasteiger partial charge on any atom is 1.00 e. The van der Waals surface area contributed by atoms with Crippen molar-refractivity contribution in [2.75, 3.05) is 32.1 Å². The number of amides is 1. The predicted molar refractivity (Wildman–Crippen MR) is 198 cm³/mol. The summed E-state index contributed by atoms with van der Waals surface area (Å²) in [6.07, 6.45) is -1.30. The van der Waals surface area contributed by atoms with Crippen molar-refractivity contribution < 1.29 is 115 Å². The summed E-state index contributed by atoms with van der Waals surface area (Å²) < 4.78 is 74.7. The van der Waals surface area contributed by atoms with Crippen LogP contribution >= 0.6 is 11.3 Å². The van der Waals surface area contributed by atoms with Gasteiger partial charge < -0.3 is 34.5 Å². The number of aromatic nitrogens is 1. The van der Waals surface area contributed by atoms with E-state index in [1.165, 1.54) is 38.3 Å². The number of nitrogens with zero attached hydrogens (tertiary/aromatic N) is 4. The van der Waals surface area contributed by atoms with Crippen LogP contribution < -0.4 is 69.2 Å². The average Bonchev–Trinajstić information content (AvgIpc) is 3.47. The van der Waals surface area contributed by atoms with Gasteiger partial charge >= 0.3 is 59.1 Å². The monoisotopic (exact) mass is 853 g/mol. The molecule has 22 heteroatoms. The molecule has 4 unspecified atom stereocenters. The summed E-state index contributed by atoms with van der Waals surface area (Å²) in [5.74, 6) is -1.56. The van der Waals surface area contributed by atoms with E-state index in [1.54, 1.807) is 39.0 Å². The van der Waals surface area contributed by atoms with E-state index in [0.717, 1.165) is 30.4 Å². The molecule has 4 rings (SSSR count). The standard InChI is InChI=1S/C25H22N4O9S3.C9H21NO3.2Na/c1-13-4-10-18-22(23(13)41(35,36)37)39-25(27-18)15-5-7-16(8-6-15)28-29-21(14(2)30)24(31)26-19-12-17(40(32,33)34)9-11-20(19)38-3;1-7(11)4-10(5-8(2)12)6-9(3)13;;/h4-12,21H,1-3H3,(H,26,31)(H,32,33,34)(H,35,36,37);7-9,11-13H,4-6H2,1-3H3;;/q;;2*+1/p-2. The molecule has 56 heavy (non-hydrogen) atoms. The van der Waals surface area contributed by atoms with Crippen LogP contribution in [0.2, 0.25) is 0 Å². The number of ketones is 1. The van der Waals surface area contributed by atoms with E-state index < -0.39 is 61.2 Å². The minimum atomic E-state index is -4.82. The quantitative estimate of drug-likeness (QED) is 0.0408. The fourth-order valence-corrected chi connectivity index (χ4v) is 7.89. The number of thiazole rings is 1. The molecular weight excluding hydrogens is 813 g/mol. The van der Waals surface area contributed by atoms with E-state index in [0.29, 0.717) is 41.3 Å². The molecule has 0 fully saturated rings. The van der Waals surface area contributed by atoms with Gasteiger partial charge in [-0.25, -0.2) is 21.8 Å². The molecule has 0 aliphatic carbocycles. The zero-order chi connectivity index (χ0) is 40.5. The number of azo groups is 1. The van der Waals surface area contributed by atoms with Crippen LogP contribution in [0.3, 0.4) is 0 Å². The topological polar surface area (TPSA) is 271 Å². The first-order valence-electron chi connectivity index (χ1n) is 16.2.